The molecule has 68 heavy (non-hydrogen) atoms. The Labute approximate surface area is 401 Å². The van der Waals surface area contributed by atoms with Gasteiger partial charge in [0, 0.05) is 75.2 Å². The fraction of sp³-hybridized carbons (Fsp3) is 0.536. The van der Waals surface area contributed by atoms with Gasteiger partial charge < -0.3 is 50.4 Å². The molecule has 4 aromatic rings. The fourth-order valence-corrected chi connectivity index (χ4v) is 11.5. The summed E-state index contributed by atoms with van der Waals surface area (Å²) in [6.07, 6.45) is 11.1. The van der Waals surface area contributed by atoms with Crippen LogP contribution < -0.4 is 30.7 Å². The van der Waals surface area contributed by atoms with Crippen LogP contribution in [0.25, 0.3) is 0 Å². The minimum absolute atomic E-state index is 0.0300. The van der Waals surface area contributed by atoms with E-state index in [1.807, 2.05) is 60.7 Å². The van der Waals surface area contributed by atoms with Crippen LogP contribution in [-0.4, -0.2) is 83.8 Å². The van der Waals surface area contributed by atoms with Crippen LogP contribution in [0.15, 0.2) is 97.1 Å². The summed E-state index contributed by atoms with van der Waals surface area (Å²) >= 11 is 0. The first kappa shape index (κ1) is 46.9. The molecule has 8 atom stereocenters. The van der Waals surface area contributed by atoms with Gasteiger partial charge in [-0.1, -0.05) is 72.8 Å². The van der Waals surface area contributed by atoms with Gasteiger partial charge >= 0.3 is 0 Å². The van der Waals surface area contributed by atoms with Crippen LogP contribution in [0.1, 0.15) is 148 Å². The van der Waals surface area contributed by atoms with E-state index in [0.29, 0.717) is 12.8 Å². The second kappa shape index (κ2) is 21.0. The Morgan fingerprint density at radius 1 is 0.574 bits per heavy atom. The summed E-state index contributed by atoms with van der Waals surface area (Å²) in [6.45, 7) is 2.06. The van der Waals surface area contributed by atoms with Crippen molar-refractivity contribution in [3.8, 4) is 11.5 Å². The van der Waals surface area contributed by atoms with E-state index in [1.165, 1.54) is 0 Å². The molecule has 12 nitrogen and oxygen atoms in total. The highest BCUT2D eigenvalue weighted by molar-refractivity contribution is 5.84. The van der Waals surface area contributed by atoms with Gasteiger partial charge in [-0.25, -0.2) is 0 Å². The Morgan fingerprint density at radius 2 is 1.00 bits per heavy atom. The van der Waals surface area contributed by atoms with E-state index >= 15 is 0 Å². The number of carbonyl (C=O) groups excluding carboxylic acids is 2. The zero-order valence-electron chi connectivity index (χ0n) is 39.3. The maximum atomic E-state index is 13.8. The van der Waals surface area contributed by atoms with Gasteiger partial charge in [-0.05, 0) is 124 Å². The Balaban J connectivity index is 0.778. The average molecular weight is 927 g/mol. The second-order valence-corrected chi connectivity index (χ2v) is 20.6. The quantitative estimate of drug-likeness (QED) is 0.0550. The molecule has 2 saturated heterocycles. The van der Waals surface area contributed by atoms with E-state index in [9.17, 15) is 19.8 Å². The van der Waals surface area contributed by atoms with Gasteiger partial charge in [-0.2, -0.15) is 0 Å². The fourth-order valence-electron chi connectivity index (χ4n) is 11.5. The van der Waals surface area contributed by atoms with Crippen LogP contribution >= 0.6 is 0 Å². The van der Waals surface area contributed by atoms with Crippen LogP contribution in [-0.2, 0) is 31.9 Å². The lowest BCUT2D eigenvalue weighted by atomic mass is 9.72. The number of amides is 2. The molecule has 362 valence electrons. The Kier molecular flexibility index (Phi) is 14.5. The van der Waals surface area contributed by atoms with Crippen molar-refractivity contribution in [2.75, 3.05) is 26.3 Å². The molecule has 2 saturated carbocycles. The van der Waals surface area contributed by atoms with E-state index < -0.39 is 24.3 Å². The Hall–Kier alpha value is -4.82. The third kappa shape index (κ3) is 11.0. The highest BCUT2D eigenvalue weighted by atomic mass is 16.5. The molecule has 2 spiro atoms. The van der Waals surface area contributed by atoms with Gasteiger partial charge in [0.15, 0.2) is 0 Å². The first-order valence-corrected chi connectivity index (χ1v) is 25.6. The molecule has 0 radical (unpaired) electrons. The van der Waals surface area contributed by atoms with Crippen LogP contribution in [0.2, 0.25) is 0 Å². The lowest BCUT2D eigenvalue weighted by molar-refractivity contribution is -0.128. The number of ether oxygens (including phenoxy) is 4. The number of nitrogens with one attached hydrogen (secondary N) is 4. The van der Waals surface area contributed by atoms with Gasteiger partial charge in [0.25, 0.3) is 0 Å². The van der Waals surface area contributed by atoms with Crippen molar-refractivity contribution in [1.82, 2.24) is 21.3 Å². The van der Waals surface area contributed by atoms with Gasteiger partial charge in [0.1, 0.15) is 22.7 Å². The van der Waals surface area contributed by atoms with Gasteiger partial charge in [-0.15, -0.1) is 0 Å². The number of aliphatic hydroxyl groups excluding tert-OH is 2. The summed E-state index contributed by atoms with van der Waals surface area (Å²) in [7, 11) is 0. The molecule has 4 heterocycles. The maximum absolute atomic E-state index is 13.8. The number of aliphatic hydroxyl groups is 2. The normalized spacial score (nSPS) is 24.8. The number of benzene rings is 4. The molecule has 2 aliphatic carbocycles. The van der Waals surface area contributed by atoms with Crippen molar-refractivity contribution >= 4 is 11.8 Å². The van der Waals surface area contributed by atoms with Gasteiger partial charge in [0.05, 0.1) is 36.5 Å². The monoisotopic (exact) mass is 927 g/mol. The summed E-state index contributed by atoms with van der Waals surface area (Å²) in [5.41, 5.74) is 6.07. The van der Waals surface area contributed by atoms with E-state index in [-0.39, 0.29) is 73.2 Å². The summed E-state index contributed by atoms with van der Waals surface area (Å²) in [5.74, 6) is 1.14. The third-order valence-corrected chi connectivity index (χ3v) is 15.7. The number of rotatable bonds is 19. The number of fused-ring (bicyclic) bond motifs is 2. The molecule has 2 amide bonds. The molecule has 4 fully saturated rings. The molecular weight excluding hydrogens is 857 g/mol. The molecule has 6 aliphatic rings. The molecule has 0 unspecified atom stereocenters. The van der Waals surface area contributed by atoms with E-state index in [1.54, 1.807) is 0 Å². The highest BCUT2D eigenvalue weighted by Crippen LogP contribution is 2.51. The van der Waals surface area contributed by atoms with Gasteiger partial charge in [-0.3, -0.25) is 9.59 Å². The highest BCUT2D eigenvalue weighted by Gasteiger charge is 2.47. The van der Waals surface area contributed by atoms with Crippen molar-refractivity contribution in [3.05, 3.63) is 130 Å². The first-order valence-electron chi connectivity index (χ1n) is 25.6. The molecule has 0 bridgehead atoms. The van der Waals surface area contributed by atoms with Crippen LogP contribution in [0.4, 0.5) is 0 Å². The van der Waals surface area contributed by atoms with Crippen molar-refractivity contribution < 1.29 is 38.7 Å². The zero-order valence-corrected chi connectivity index (χ0v) is 39.3. The second-order valence-electron chi connectivity index (χ2n) is 20.6. The number of hydrogen-bond acceptors (Lipinski definition) is 10. The first-order chi connectivity index (χ1) is 33.2. The predicted octanol–water partition coefficient (Wildman–Crippen LogP) is 7.72. The molecule has 12 heteroatoms. The SMILES string of the molecule is O=C(CCC(=O)N[C@@H](Cc1ccccc1)[C@@H](O)CN[C@H]1CC2(CCC2)Oc2ccc([C@H]3CCCO3)cc21)N[C@@H](Cc1ccccc1)[C@@H](O)CN[C@H]1CC2(CCC2)Oc2ccc([C@@H]3CCCO3)cc21. The van der Waals surface area contributed by atoms with Crippen molar-refractivity contribution in [2.45, 2.75) is 163 Å². The third-order valence-electron chi connectivity index (χ3n) is 15.7. The lowest BCUT2D eigenvalue weighted by Crippen LogP contribution is -2.52. The predicted molar refractivity (Wildman–Crippen MR) is 259 cm³/mol. The van der Waals surface area contributed by atoms with Gasteiger partial charge in [0.2, 0.25) is 11.8 Å². The largest absolute Gasteiger partial charge is 0.487 e. The minimum atomic E-state index is -0.916. The Bertz CT molecular complexity index is 2160. The lowest BCUT2D eigenvalue weighted by Gasteiger charge is -2.48. The smallest absolute Gasteiger partial charge is 0.220 e. The summed E-state index contributed by atoms with van der Waals surface area (Å²) < 4.78 is 25.3. The van der Waals surface area contributed by atoms with Crippen LogP contribution in [0.5, 0.6) is 11.5 Å². The van der Waals surface area contributed by atoms with E-state index in [4.69, 9.17) is 18.9 Å². The summed E-state index contributed by atoms with van der Waals surface area (Å²) in [6, 6.07) is 31.3. The minimum Gasteiger partial charge on any atom is -0.487 e. The Morgan fingerprint density at radius 3 is 1.37 bits per heavy atom. The average Bonchev–Trinajstić information content (AvgIpc) is 4.10. The van der Waals surface area contributed by atoms with Crippen LogP contribution in [0.3, 0.4) is 0 Å². The van der Waals surface area contributed by atoms with Crippen molar-refractivity contribution in [3.63, 3.8) is 0 Å². The topological polar surface area (TPSA) is 160 Å². The maximum Gasteiger partial charge on any atom is 0.220 e. The molecule has 0 aromatic heterocycles. The number of hydrogen-bond donors (Lipinski definition) is 6. The molecular formula is C56H70N4O8. The standard InChI is InChI=1S/C56H70N4O8/c61-47(35-57-45-33-55(23-9-24-55)67-51-19-17-39(31-41(45)51)49-15-7-27-65-49)43(29-37-11-3-1-4-12-37)59-53(63)21-22-54(64)60-44(30-38-13-5-2-6-14-38)48(62)36-58-46-34-56(25-10-26-56)68-52-20-18-40(32-42(46)52)50-16-8-28-66-50/h1-6,11-14,17-20,31-32,43-50,57-58,61-62H,7-10,15-16,21-30,33-36H2,(H,59,63)(H,60,64)/t43-,44-,45-,46-,47-,48-,49-,50+/m0/s1. The van der Waals surface area contributed by atoms with Crippen molar-refractivity contribution in [2.24, 2.45) is 0 Å². The molecule has 4 aliphatic heterocycles. The molecule has 6 N–H and O–H groups in total. The zero-order chi connectivity index (χ0) is 46.5. The molecule has 10 rings (SSSR count). The summed E-state index contributed by atoms with van der Waals surface area (Å²) in [4.78, 5) is 27.5. The van der Waals surface area contributed by atoms with Crippen LogP contribution in [0, 0.1) is 0 Å². The number of carbonyl (C=O) groups is 2. The van der Waals surface area contributed by atoms with E-state index in [0.717, 1.165) is 135 Å². The molecule has 4 aromatic carbocycles. The van der Waals surface area contributed by atoms with E-state index in [2.05, 4.69) is 57.7 Å². The van der Waals surface area contributed by atoms with Crippen molar-refractivity contribution in [1.29, 1.82) is 0 Å². The summed E-state index contributed by atoms with van der Waals surface area (Å²) in [5, 5.41) is 37.4.